The lowest BCUT2D eigenvalue weighted by atomic mass is 10.0. The number of halogens is 3. The Labute approximate surface area is 186 Å². The van der Waals surface area contributed by atoms with Crippen LogP contribution in [-0.4, -0.2) is 26.3 Å². The van der Waals surface area contributed by atoms with E-state index in [0.717, 1.165) is 28.9 Å². The van der Waals surface area contributed by atoms with E-state index in [0.29, 0.717) is 10.7 Å². The van der Waals surface area contributed by atoms with Gasteiger partial charge in [-0.05, 0) is 61.4 Å². The average molecular weight is 456 g/mol. The van der Waals surface area contributed by atoms with Gasteiger partial charge in [0.05, 0.1) is 22.5 Å². The van der Waals surface area contributed by atoms with Crippen molar-refractivity contribution >= 4 is 28.9 Å². The van der Waals surface area contributed by atoms with E-state index in [-0.39, 0.29) is 11.7 Å². The van der Waals surface area contributed by atoms with Gasteiger partial charge in [0, 0.05) is 23.6 Å². The van der Waals surface area contributed by atoms with E-state index < -0.39 is 11.7 Å². The number of carbonyl (C=O) groups is 1. The lowest BCUT2D eigenvalue weighted by molar-refractivity contribution is -0.137. The fraction of sp³-hybridized carbons (Fsp3) is 0.174. The molecule has 0 saturated carbocycles. The Balaban J connectivity index is 1.46. The van der Waals surface area contributed by atoms with Crippen LogP contribution in [-0.2, 0) is 11.0 Å². The molecular formula is C23H19F3N4OS. The van der Waals surface area contributed by atoms with Gasteiger partial charge in [0.1, 0.15) is 5.03 Å². The summed E-state index contributed by atoms with van der Waals surface area (Å²) in [5.41, 5.74) is 4.48. The number of aryl methyl sites for hydroxylation is 2. The van der Waals surface area contributed by atoms with Crippen molar-refractivity contribution < 1.29 is 18.0 Å². The zero-order chi connectivity index (χ0) is 22.9. The third-order valence-corrected chi connectivity index (χ3v) is 5.99. The molecule has 32 heavy (non-hydrogen) atoms. The Morgan fingerprint density at radius 3 is 2.50 bits per heavy atom. The van der Waals surface area contributed by atoms with Gasteiger partial charge in [0.2, 0.25) is 5.91 Å². The van der Waals surface area contributed by atoms with E-state index in [1.54, 1.807) is 16.9 Å². The predicted molar refractivity (Wildman–Crippen MR) is 119 cm³/mol. The van der Waals surface area contributed by atoms with E-state index in [1.165, 1.54) is 35.0 Å². The van der Waals surface area contributed by atoms with Gasteiger partial charge in [-0.15, -0.1) is 0 Å². The summed E-state index contributed by atoms with van der Waals surface area (Å²) in [7, 11) is 0. The molecule has 2 aromatic heterocycles. The van der Waals surface area contributed by atoms with E-state index in [2.05, 4.69) is 28.4 Å². The Morgan fingerprint density at radius 1 is 1.06 bits per heavy atom. The van der Waals surface area contributed by atoms with Crippen molar-refractivity contribution in [2.24, 2.45) is 0 Å². The molecule has 164 valence electrons. The number of anilines is 1. The van der Waals surface area contributed by atoms with Crippen LogP contribution >= 0.6 is 11.8 Å². The third-order valence-electron chi connectivity index (χ3n) is 4.99. The first-order valence-electron chi connectivity index (χ1n) is 9.72. The number of nitrogens with zero attached hydrogens (tertiary/aromatic N) is 3. The number of nitrogens with one attached hydrogen (secondary N) is 1. The second-order valence-electron chi connectivity index (χ2n) is 7.30. The third kappa shape index (κ3) is 4.77. The van der Waals surface area contributed by atoms with Gasteiger partial charge in [-0.3, -0.25) is 4.79 Å². The van der Waals surface area contributed by atoms with Crippen molar-refractivity contribution in [3.8, 4) is 11.3 Å². The Morgan fingerprint density at radius 2 is 1.81 bits per heavy atom. The number of alkyl halides is 3. The number of benzene rings is 2. The highest BCUT2D eigenvalue weighted by Gasteiger charge is 2.30. The van der Waals surface area contributed by atoms with Crippen LogP contribution in [0.5, 0.6) is 0 Å². The van der Waals surface area contributed by atoms with Crippen LogP contribution < -0.4 is 5.32 Å². The molecule has 0 bridgehead atoms. The maximum Gasteiger partial charge on any atom is 0.416 e. The summed E-state index contributed by atoms with van der Waals surface area (Å²) >= 11 is 1.23. The van der Waals surface area contributed by atoms with Gasteiger partial charge in [-0.2, -0.15) is 18.3 Å². The van der Waals surface area contributed by atoms with Gasteiger partial charge in [-0.25, -0.2) is 9.50 Å². The fourth-order valence-electron chi connectivity index (χ4n) is 3.12. The standard InChI is InChI=1S/C23H19F3N4OS/c1-14-3-4-16(11-15(14)2)19-12-20-22(27-9-10-30(20)29-19)32-13-21(31)28-18-7-5-17(6-8-18)23(24,25)26/h3-12H,13H2,1-2H3,(H,28,31). The minimum atomic E-state index is -4.41. The maximum absolute atomic E-state index is 12.7. The molecule has 0 spiro atoms. The largest absolute Gasteiger partial charge is 0.416 e. The summed E-state index contributed by atoms with van der Waals surface area (Å²) in [4.78, 5) is 16.7. The van der Waals surface area contributed by atoms with Crippen molar-refractivity contribution in [1.82, 2.24) is 14.6 Å². The van der Waals surface area contributed by atoms with Crippen LogP contribution in [0.15, 0.2) is 66.0 Å². The number of fused-ring (bicyclic) bond motifs is 1. The highest BCUT2D eigenvalue weighted by atomic mass is 32.2. The molecule has 0 fully saturated rings. The van der Waals surface area contributed by atoms with Gasteiger partial charge in [-0.1, -0.05) is 23.9 Å². The molecule has 0 aliphatic rings. The number of thioether (sulfide) groups is 1. The number of rotatable bonds is 5. The fourth-order valence-corrected chi connectivity index (χ4v) is 3.90. The van der Waals surface area contributed by atoms with Crippen LogP contribution in [0.1, 0.15) is 16.7 Å². The lowest BCUT2D eigenvalue weighted by Gasteiger charge is -2.09. The lowest BCUT2D eigenvalue weighted by Crippen LogP contribution is -2.14. The molecule has 4 rings (SSSR count). The minimum Gasteiger partial charge on any atom is -0.325 e. The van der Waals surface area contributed by atoms with Crippen LogP contribution in [0, 0.1) is 13.8 Å². The van der Waals surface area contributed by atoms with Crippen LogP contribution in [0.4, 0.5) is 18.9 Å². The molecule has 0 aliphatic heterocycles. The predicted octanol–water partition coefficient (Wildman–Crippen LogP) is 5.76. The highest BCUT2D eigenvalue weighted by molar-refractivity contribution is 8.00. The summed E-state index contributed by atoms with van der Waals surface area (Å²) < 4.78 is 39.7. The van der Waals surface area contributed by atoms with Crippen molar-refractivity contribution in [2.75, 3.05) is 11.1 Å². The summed E-state index contributed by atoms with van der Waals surface area (Å²) in [5.74, 6) is -0.287. The first-order chi connectivity index (χ1) is 15.2. The monoisotopic (exact) mass is 456 g/mol. The summed E-state index contributed by atoms with van der Waals surface area (Å²) in [5, 5.41) is 7.85. The van der Waals surface area contributed by atoms with E-state index in [9.17, 15) is 18.0 Å². The quantitative estimate of drug-likeness (QED) is 0.388. The van der Waals surface area contributed by atoms with Crippen LogP contribution in [0.2, 0.25) is 0 Å². The topological polar surface area (TPSA) is 59.3 Å². The van der Waals surface area contributed by atoms with Crippen molar-refractivity contribution in [3.63, 3.8) is 0 Å². The number of hydrogen-bond acceptors (Lipinski definition) is 4. The number of hydrogen-bond donors (Lipinski definition) is 1. The molecule has 5 nitrogen and oxygen atoms in total. The molecule has 0 unspecified atom stereocenters. The normalized spacial score (nSPS) is 11.7. The average Bonchev–Trinajstić information content (AvgIpc) is 3.19. The number of carbonyl (C=O) groups excluding carboxylic acids is 1. The first-order valence-corrected chi connectivity index (χ1v) is 10.7. The molecule has 2 aromatic carbocycles. The Kier molecular flexibility index (Phi) is 5.92. The van der Waals surface area contributed by atoms with Gasteiger partial charge in [0.25, 0.3) is 0 Å². The molecule has 0 aliphatic carbocycles. The zero-order valence-corrected chi connectivity index (χ0v) is 18.1. The van der Waals surface area contributed by atoms with Crippen molar-refractivity contribution in [2.45, 2.75) is 25.0 Å². The van der Waals surface area contributed by atoms with E-state index >= 15 is 0 Å². The first kappa shape index (κ1) is 21.9. The Hall–Kier alpha value is -3.33. The smallest absolute Gasteiger partial charge is 0.325 e. The molecule has 9 heteroatoms. The summed E-state index contributed by atoms with van der Waals surface area (Å²) in [6, 6.07) is 12.4. The second-order valence-corrected chi connectivity index (χ2v) is 8.27. The van der Waals surface area contributed by atoms with Gasteiger partial charge in [0.15, 0.2) is 0 Å². The molecule has 1 N–H and O–H groups in total. The molecule has 0 atom stereocenters. The molecule has 0 saturated heterocycles. The highest BCUT2D eigenvalue weighted by Crippen LogP contribution is 2.30. The zero-order valence-electron chi connectivity index (χ0n) is 17.3. The molecular weight excluding hydrogens is 437 g/mol. The van der Waals surface area contributed by atoms with Crippen LogP contribution in [0.25, 0.3) is 16.8 Å². The number of amides is 1. The van der Waals surface area contributed by atoms with Crippen LogP contribution in [0.3, 0.4) is 0 Å². The SMILES string of the molecule is Cc1ccc(-c2cc3c(SCC(=O)Nc4ccc(C(F)(F)F)cc4)nccn3n2)cc1C. The number of aromatic nitrogens is 3. The van der Waals surface area contributed by atoms with Crippen molar-refractivity contribution in [1.29, 1.82) is 0 Å². The molecule has 1 amide bonds. The van der Waals surface area contributed by atoms with Gasteiger partial charge >= 0.3 is 6.18 Å². The maximum atomic E-state index is 12.7. The molecule has 4 aromatic rings. The Bertz CT molecular complexity index is 1280. The van der Waals surface area contributed by atoms with E-state index in [1.807, 2.05) is 25.1 Å². The summed E-state index contributed by atoms with van der Waals surface area (Å²) in [6.45, 7) is 4.10. The van der Waals surface area contributed by atoms with Gasteiger partial charge < -0.3 is 5.32 Å². The second kappa shape index (κ2) is 8.66. The minimum absolute atomic E-state index is 0.0534. The van der Waals surface area contributed by atoms with Crippen molar-refractivity contribution in [3.05, 3.63) is 77.6 Å². The summed E-state index contributed by atoms with van der Waals surface area (Å²) in [6.07, 6.45) is -1.06. The molecule has 2 heterocycles. The van der Waals surface area contributed by atoms with E-state index in [4.69, 9.17) is 0 Å². The molecule has 0 radical (unpaired) electrons.